The third-order valence-corrected chi connectivity index (χ3v) is 4.76. The largest absolute Gasteiger partial charge is 0.380 e. The Morgan fingerprint density at radius 2 is 1.88 bits per heavy atom. The van der Waals surface area contributed by atoms with Crippen molar-refractivity contribution < 1.29 is 8.42 Å². The Kier molecular flexibility index (Phi) is 5.90. The van der Waals surface area contributed by atoms with E-state index in [0.717, 1.165) is 16.8 Å². The molecule has 7 heteroatoms. The first-order valence-electron chi connectivity index (χ1n) is 7.56. The van der Waals surface area contributed by atoms with E-state index in [2.05, 4.69) is 15.0 Å². The van der Waals surface area contributed by atoms with E-state index in [9.17, 15) is 8.42 Å². The first kappa shape index (κ1) is 17.9. The van der Waals surface area contributed by atoms with Gasteiger partial charge in [0.15, 0.2) is 0 Å². The molecule has 0 aliphatic carbocycles. The van der Waals surface area contributed by atoms with Gasteiger partial charge in [0.2, 0.25) is 10.0 Å². The summed E-state index contributed by atoms with van der Waals surface area (Å²) in [6, 6.07) is 12.6. The normalized spacial score (nSPS) is 11.2. The summed E-state index contributed by atoms with van der Waals surface area (Å²) in [4.78, 5) is 3.99. The highest BCUT2D eigenvalue weighted by Gasteiger charge is 2.15. The van der Waals surface area contributed by atoms with Crippen LogP contribution in [-0.2, 0) is 22.3 Å². The van der Waals surface area contributed by atoms with Crippen LogP contribution in [0, 0.1) is 11.3 Å². The molecule has 0 spiro atoms. The molecule has 1 heterocycles. The number of aromatic nitrogens is 1. The zero-order valence-corrected chi connectivity index (χ0v) is 14.5. The molecule has 0 atom stereocenters. The van der Waals surface area contributed by atoms with E-state index < -0.39 is 10.0 Å². The Balaban J connectivity index is 2.09. The predicted octanol–water partition coefficient (Wildman–Crippen LogP) is 2.39. The molecule has 0 aliphatic rings. The van der Waals surface area contributed by atoms with E-state index in [4.69, 9.17) is 5.26 Å². The first-order valence-corrected chi connectivity index (χ1v) is 9.21. The Morgan fingerprint density at radius 1 is 1.17 bits per heavy atom. The zero-order chi connectivity index (χ0) is 17.6. The number of anilines is 1. The molecule has 0 saturated heterocycles. The third kappa shape index (κ3) is 5.33. The highest BCUT2D eigenvalue weighted by atomic mass is 32.2. The Morgan fingerprint density at radius 3 is 2.46 bits per heavy atom. The van der Waals surface area contributed by atoms with Crippen molar-refractivity contribution in [2.45, 2.75) is 32.2 Å². The number of benzene rings is 1. The standard InChI is InChI=1S/C17H20N4O2S/c1-13(2)21-24(22,23)12-15-6-4-3-5-14(15)10-19-17-8-7-16(9-18)20-11-17/h3-8,11,13,19,21H,10,12H2,1-2H3. The predicted molar refractivity (Wildman–Crippen MR) is 93.6 cm³/mol. The molecule has 1 aromatic heterocycles. The second-order valence-electron chi connectivity index (χ2n) is 5.70. The number of hydrogen-bond acceptors (Lipinski definition) is 5. The monoisotopic (exact) mass is 344 g/mol. The van der Waals surface area contributed by atoms with Crippen LogP contribution >= 0.6 is 0 Å². The van der Waals surface area contributed by atoms with Crippen molar-refractivity contribution >= 4 is 15.7 Å². The molecule has 1 aromatic carbocycles. The molecule has 0 fully saturated rings. The van der Waals surface area contributed by atoms with E-state index in [1.165, 1.54) is 0 Å². The number of rotatable bonds is 7. The van der Waals surface area contributed by atoms with Crippen molar-refractivity contribution in [3.8, 4) is 6.07 Å². The quantitative estimate of drug-likeness (QED) is 0.804. The van der Waals surface area contributed by atoms with E-state index in [-0.39, 0.29) is 11.8 Å². The zero-order valence-electron chi connectivity index (χ0n) is 13.7. The molecule has 126 valence electrons. The second-order valence-corrected chi connectivity index (χ2v) is 7.45. The number of sulfonamides is 1. The second kappa shape index (κ2) is 7.90. The molecule has 2 N–H and O–H groups in total. The molecule has 0 radical (unpaired) electrons. The van der Waals surface area contributed by atoms with Gasteiger partial charge in [-0.1, -0.05) is 24.3 Å². The van der Waals surface area contributed by atoms with Gasteiger partial charge in [-0.25, -0.2) is 18.1 Å². The van der Waals surface area contributed by atoms with Crippen molar-refractivity contribution in [1.29, 1.82) is 5.26 Å². The van der Waals surface area contributed by atoms with Crippen LogP contribution in [-0.4, -0.2) is 19.4 Å². The number of nitriles is 1. The van der Waals surface area contributed by atoms with Crippen LogP contribution in [0.5, 0.6) is 0 Å². The van der Waals surface area contributed by atoms with Gasteiger partial charge >= 0.3 is 0 Å². The summed E-state index contributed by atoms with van der Waals surface area (Å²) in [5.74, 6) is -0.0609. The van der Waals surface area contributed by atoms with Crippen molar-refractivity contribution in [2.75, 3.05) is 5.32 Å². The molecular weight excluding hydrogens is 324 g/mol. The topological polar surface area (TPSA) is 94.9 Å². The Bertz CT molecular complexity index is 824. The summed E-state index contributed by atoms with van der Waals surface area (Å²) >= 11 is 0. The van der Waals surface area contributed by atoms with E-state index in [1.54, 1.807) is 32.2 Å². The summed E-state index contributed by atoms with van der Waals surface area (Å²) in [5, 5.41) is 11.9. The van der Waals surface area contributed by atoms with Gasteiger partial charge in [-0.05, 0) is 37.1 Å². The summed E-state index contributed by atoms with van der Waals surface area (Å²) in [5.41, 5.74) is 2.77. The number of nitrogens with zero attached hydrogens (tertiary/aromatic N) is 2. The molecule has 2 rings (SSSR count). The van der Waals surface area contributed by atoms with Crippen LogP contribution in [0.1, 0.15) is 30.7 Å². The van der Waals surface area contributed by atoms with Gasteiger partial charge < -0.3 is 5.32 Å². The molecular formula is C17H20N4O2S. The van der Waals surface area contributed by atoms with E-state index in [0.29, 0.717) is 12.2 Å². The van der Waals surface area contributed by atoms with Crippen LogP contribution in [0.2, 0.25) is 0 Å². The molecule has 0 unspecified atom stereocenters. The minimum atomic E-state index is -3.37. The maximum Gasteiger partial charge on any atom is 0.216 e. The Labute approximate surface area is 142 Å². The van der Waals surface area contributed by atoms with Crippen molar-refractivity contribution in [3.05, 3.63) is 59.4 Å². The fourth-order valence-corrected chi connectivity index (χ4v) is 3.73. The average Bonchev–Trinajstić information content (AvgIpc) is 2.53. The fraction of sp³-hybridized carbons (Fsp3) is 0.294. The van der Waals surface area contributed by atoms with Gasteiger partial charge in [-0.2, -0.15) is 5.26 Å². The minimum absolute atomic E-state index is 0.0609. The maximum absolute atomic E-state index is 12.1. The molecule has 6 nitrogen and oxygen atoms in total. The van der Waals surface area contributed by atoms with Gasteiger partial charge in [0.25, 0.3) is 0 Å². The lowest BCUT2D eigenvalue weighted by molar-refractivity contribution is 0.569. The molecule has 2 aromatic rings. The van der Waals surface area contributed by atoms with Crippen LogP contribution in [0.25, 0.3) is 0 Å². The molecule has 0 aliphatic heterocycles. The molecule has 0 amide bonds. The summed E-state index contributed by atoms with van der Waals surface area (Å²) in [6.45, 7) is 4.06. The van der Waals surface area contributed by atoms with Crippen LogP contribution in [0.3, 0.4) is 0 Å². The number of nitrogens with one attached hydrogen (secondary N) is 2. The SMILES string of the molecule is CC(C)NS(=O)(=O)Cc1ccccc1CNc1ccc(C#N)nc1. The summed E-state index contributed by atoms with van der Waals surface area (Å²) in [7, 11) is -3.37. The summed E-state index contributed by atoms with van der Waals surface area (Å²) < 4.78 is 26.9. The van der Waals surface area contributed by atoms with Gasteiger partial charge in [0.1, 0.15) is 11.8 Å². The maximum atomic E-state index is 12.1. The highest BCUT2D eigenvalue weighted by molar-refractivity contribution is 7.88. The number of hydrogen-bond donors (Lipinski definition) is 2. The smallest absolute Gasteiger partial charge is 0.216 e. The third-order valence-electron chi connectivity index (χ3n) is 3.24. The minimum Gasteiger partial charge on any atom is -0.380 e. The van der Waals surface area contributed by atoms with Crippen LogP contribution < -0.4 is 10.0 Å². The Hall–Kier alpha value is -2.43. The van der Waals surface area contributed by atoms with Gasteiger partial charge in [-0.3, -0.25) is 0 Å². The fourth-order valence-electron chi connectivity index (χ4n) is 2.24. The van der Waals surface area contributed by atoms with Gasteiger partial charge in [0.05, 0.1) is 17.6 Å². The van der Waals surface area contributed by atoms with Crippen molar-refractivity contribution in [3.63, 3.8) is 0 Å². The highest BCUT2D eigenvalue weighted by Crippen LogP contribution is 2.15. The van der Waals surface area contributed by atoms with Crippen molar-refractivity contribution in [2.24, 2.45) is 0 Å². The van der Waals surface area contributed by atoms with Crippen LogP contribution in [0.15, 0.2) is 42.6 Å². The lowest BCUT2D eigenvalue weighted by Gasteiger charge is -2.13. The molecule has 0 bridgehead atoms. The van der Waals surface area contributed by atoms with E-state index >= 15 is 0 Å². The lowest BCUT2D eigenvalue weighted by atomic mass is 10.1. The first-order chi connectivity index (χ1) is 11.4. The lowest BCUT2D eigenvalue weighted by Crippen LogP contribution is -2.31. The number of pyridine rings is 1. The van der Waals surface area contributed by atoms with E-state index in [1.807, 2.05) is 30.3 Å². The average molecular weight is 344 g/mol. The van der Waals surface area contributed by atoms with Gasteiger partial charge in [0, 0.05) is 12.6 Å². The summed E-state index contributed by atoms with van der Waals surface area (Å²) in [6.07, 6.45) is 1.58. The van der Waals surface area contributed by atoms with Gasteiger partial charge in [-0.15, -0.1) is 0 Å². The molecule has 24 heavy (non-hydrogen) atoms. The van der Waals surface area contributed by atoms with Crippen LogP contribution in [0.4, 0.5) is 5.69 Å². The van der Waals surface area contributed by atoms with Crippen molar-refractivity contribution in [1.82, 2.24) is 9.71 Å². The molecule has 0 saturated carbocycles.